The van der Waals surface area contributed by atoms with Crippen LogP contribution in [-0.2, 0) is 6.54 Å². The summed E-state index contributed by atoms with van der Waals surface area (Å²) in [4.78, 5) is 2.86. The average Bonchev–Trinajstić information content (AvgIpc) is 2.26. The molecule has 12 heavy (non-hydrogen) atoms. The molecule has 0 aliphatic heterocycles. The SMILES string of the molecule is Cc1cn(CCC(F)F)c(=S)[nH]1. The minimum Gasteiger partial charge on any atom is -0.335 e. The molecule has 5 heteroatoms. The molecule has 68 valence electrons. The van der Waals surface area contributed by atoms with Gasteiger partial charge in [0, 0.05) is 24.9 Å². The maximum Gasteiger partial charge on any atom is 0.240 e. The molecule has 1 N–H and O–H groups in total. The van der Waals surface area contributed by atoms with Gasteiger partial charge in [-0.2, -0.15) is 0 Å². The summed E-state index contributed by atoms with van der Waals surface area (Å²) >= 11 is 4.89. The maximum absolute atomic E-state index is 11.8. The lowest BCUT2D eigenvalue weighted by atomic mass is 10.4. The summed E-state index contributed by atoms with van der Waals surface area (Å²) in [6.07, 6.45) is -0.668. The second kappa shape index (κ2) is 3.80. The van der Waals surface area contributed by atoms with E-state index in [-0.39, 0.29) is 13.0 Å². The molecule has 0 saturated heterocycles. The second-order valence-electron chi connectivity index (χ2n) is 2.62. The van der Waals surface area contributed by atoms with E-state index in [4.69, 9.17) is 12.2 Å². The van der Waals surface area contributed by atoms with E-state index in [2.05, 4.69) is 4.98 Å². The highest BCUT2D eigenvalue weighted by Crippen LogP contribution is 2.04. The van der Waals surface area contributed by atoms with Crippen LogP contribution in [0.2, 0.25) is 0 Å². The van der Waals surface area contributed by atoms with Crippen LogP contribution in [0.3, 0.4) is 0 Å². The molecule has 0 amide bonds. The van der Waals surface area contributed by atoms with E-state index in [0.29, 0.717) is 4.77 Å². The van der Waals surface area contributed by atoms with E-state index in [9.17, 15) is 8.78 Å². The van der Waals surface area contributed by atoms with Crippen LogP contribution in [0, 0.1) is 11.7 Å². The molecule has 1 rings (SSSR count). The van der Waals surface area contributed by atoms with E-state index in [1.807, 2.05) is 6.92 Å². The van der Waals surface area contributed by atoms with Crippen molar-refractivity contribution in [3.63, 3.8) is 0 Å². The smallest absolute Gasteiger partial charge is 0.240 e. The number of rotatable bonds is 3. The standard InChI is InChI=1S/C7H10F2N2S/c1-5-4-11(7(12)10-5)3-2-6(8)9/h4,6H,2-3H2,1H3,(H,10,12). The molecule has 0 atom stereocenters. The maximum atomic E-state index is 11.8. The Bertz CT molecular complexity index is 303. The number of alkyl halides is 2. The van der Waals surface area contributed by atoms with Gasteiger partial charge in [-0.15, -0.1) is 0 Å². The Morgan fingerprint density at radius 1 is 1.67 bits per heavy atom. The van der Waals surface area contributed by atoms with Crippen LogP contribution in [0.15, 0.2) is 6.20 Å². The van der Waals surface area contributed by atoms with Gasteiger partial charge in [-0.3, -0.25) is 0 Å². The number of nitrogens with zero attached hydrogens (tertiary/aromatic N) is 1. The average molecular weight is 192 g/mol. The van der Waals surface area contributed by atoms with Crippen LogP contribution in [0.5, 0.6) is 0 Å². The number of aromatic amines is 1. The van der Waals surface area contributed by atoms with Crippen molar-refractivity contribution in [3.05, 3.63) is 16.7 Å². The first kappa shape index (κ1) is 9.38. The molecule has 0 aliphatic rings. The minimum absolute atomic E-state index is 0.147. The molecule has 1 aromatic heterocycles. The van der Waals surface area contributed by atoms with Crippen LogP contribution < -0.4 is 0 Å². The van der Waals surface area contributed by atoms with Crippen LogP contribution in [0.4, 0.5) is 8.78 Å². The molecular weight excluding hydrogens is 182 g/mol. The topological polar surface area (TPSA) is 20.7 Å². The number of halogens is 2. The molecule has 0 aromatic carbocycles. The van der Waals surface area contributed by atoms with Crippen molar-refractivity contribution >= 4 is 12.2 Å². The van der Waals surface area contributed by atoms with Gasteiger partial charge in [-0.05, 0) is 19.1 Å². The fraction of sp³-hybridized carbons (Fsp3) is 0.571. The van der Waals surface area contributed by atoms with Crippen molar-refractivity contribution in [2.45, 2.75) is 26.3 Å². The van der Waals surface area contributed by atoms with E-state index in [1.54, 1.807) is 10.8 Å². The Balaban J connectivity index is 2.63. The van der Waals surface area contributed by atoms with Crippen molar-refractivity contribution in [2.24, 2.45) is 0 Å². The number of aryl methyl sites for hydroxylation is 2. The van der Waals surface area contributed by atoms with E-state index in [1.165, 1.54) is 0 Å². The van der Waals surface area contributed by atoms with Crippen LogP contribution in [0.25, 0.3) is 0 Å². The van der Waals surface area contributed by atoms with Crippen LogP contribution in [0.1, 0.15) is 12.1 Å². The summed E-state index contributed by atoms with van der Waals surface area (Å²) in [6.45, 7) is 2.12. The second-order valence-corrected chi connectivity index (χ2v) is 3.00. The molecule has 1 heterocycles. The van der Waals surface area contributed by atoms with Gasteiger partial charge < -0.3 is 9.55 Å². The molecule has 2 nitrogen and oxygen atoms in total. The number of hydrogen-bond acceptors (Lipinski definition) is 1. The molecular formula is C7H10F2N2S. The monoisotopic (exact) mass is 192 g/mol. The lowest BCUT2D eigenvalue weighted by Gasteiger charge is -1.99. The molecule has 0 spiro atoms. The summed E-state index contributed by atoms with van der Waals surface area (Å²) in [5.74, 6) is 0. The summed E-state index contributed by atoms with van der Waals surface area (Å²) < 4.78 is 25.7. The predicted octanol–water partition coefficient (Wildman–Crippen LogP) is 2.51. The van der Waals surface area contributed by atoms with Gasteiger partial charge in [-0.1, -0.05) is 0 Å². The molecule has 0 bridgehead atoms. The van der Waals surface area contributed by atoms with Gasteiger partial charge in [-0.25, -0.2) is 8.78 Å². The Morgan fingerprint density at radius 2 is 2.33 bits per heavy atom. The first-order valence-electron chi connectivity index (χ1n) is 3.64. The number of imidazole rings is 1. The minimum atomic E-state index is -2.26. The number of nitrogens with one attached hydrogen (secondary N) is 1. The molecule has 0 unspecified atom stereocenters. The lowest BCUT2D eigenvalue weighted by Crippen LogP contribution is -2.01. The van der Waals surface area contributed by atoms with Crippen LogP contribution >= 0.6 is 12.2 Å². The summed E-state index contributed by atoms with van der Waals surface area (Å²) in [7, 11) is 0. The van der Waals surface area contributed by atoms with Gasteiger partial charge in [0.15, 0.2) is 4.77 Å². The number of hydrogen-bond donors (Lipinski definition) is 1. The molecule has 1 aromatic rings. The highest BCUT2D eigenvalue weighted by atomic mass is 32.1. The van der Waals surface area contributed by atoms with E-state index < -0.39 is 6.43 Å². The molecule has 0 aliphatic carbocycles. The van der Waals surface area contributed by atoms with E-state index >= 15 is 0 Å². The largest absolute Gasteiger partial charge is 0.335 e. The Morgan fingerprint density at radius 3 is 2.75 bits per heavy atom. The van der Waals surface area contributed by atoms with Crippen molar-refractivity contribution in [3.8, 4) is 0 Å². The normalized spacial score (nSPS) is 11.0. The van der Waals surface area contributed by atoms with Gasteiger partial charge in [0.2, 0.25) is 6.43 Å². The highest BCUT2D eigenvalue weighted by Gasteiger charge is 2.03. The van der Waals surface area contributed by atoms with Crippen molar-refractivity contribution in [1.29, 1.82) is 0 Å². The van der Waals surface area contributed by atoms with Crippen molar-refractivity contribution in [1.82, 2.24) is 9.55 Å². The zero-order chi connectivity index (χ0) is 9.14. The molecule has 0 fully saturated rings. The molecule has 0 radical (unpaired) electrons. The Kier molecular flexibility index (Phi) is 2.97. The quantitative estimate of drug-likeness (QED) is 0.730. The fourth-order valence-corrected chi connectivity index (χ4v) is 1.27. The first-order chi connectivity index (χ1) is 5.59. The van der Waals surface area contributed by atoms with Gasteiger partial charge in [0.25, 0.3) is 0 Å². The predicted molar refractivity (Wildman–Crippen MR) is 45.0 cm³/mol. The third kappa shape index (κ3) is 2.41. The van der Waals surface area contributed by atoms with Crippen molar-refractivity contribution < 1.29 is 8.78 Å². The Labute approximate surface area is 74.2 Å². The third-order valence-electron chi connectivity index (χ3n) is 1.50. The highest BCUT2D eigenvalue weighted by molar-refractivity contribution is 7.71. The first-order valence-corrected chi connectivity index (χ1v) is 4.04. The summed E-state index contributed by atoms with van der Waals surface area (Å²) in [5, 5.41) is 0. The van der Waals surface area contributed by atoms with Gasteiger partial charge in [0.05, 0.1) is 0 Å². The van der Waals surface area contributed by atoms with Gasteiger partial charge in [0.1, 0.15) is 0 Å². The Hall–Kier alpha value is -0.710. The van der Waals surface area contributed by atoms with Gasteiger partial charge >= 0.3 is 0 Å². The molecule has 0 saturated carbocycles. The summed E-state index contributed by atoms with van der Waals surface area (Å²) in [5.41, 5.74) is 0.897. The zero-order valence-corrected chi connectivity index (χ0v) is 7.50. The van der Waals surface area contributed by atoms with E-state index in [0.717, 1.165) is 5.69 Å². The number of aromatic nitrogens is 2. The number of H-pyrrole nitrogens is 1. The van der Waals surface area contributed by atoms with Crippen molar-refractivity contribution in [2.75, 3.05) is 0 Å². The summed E-state index contributed by atoms with van der Waals surface area (Å²) in [6, 6.07) is 0. The van der Waals surface area contributed by atoms with Crippen LogP contribution in [-0.4, -0.2) is 16.0 Å². The fourth-order valence-electron chi connectivity index (χ4n) is 0.968. The third-order valence-corrected chi connectivity index (χ3v) is 1.84. The lowest BCUT2D eigenvalue weighted by molar-refractivity contribution is 0.131. The zero-order valence-electron chi connectivity index (χ0n) is 6.68.